The van der Waals surface area contributed by atoms with Crippen molar-refractivity contribution in [1.29, 1.82) is 0 Å². The Labute approximate surface area is 190 Å². The van der Waals surface area contributed by atoms with Crippen LogP contribution in [0.1, 0.15) is 63.1 Å². The van der Waals surface area contributed by atoms with Gasteiger partial charge < -0.3 is 19.3 Å². The largest absolute Gasteiger partial charge is 0.504 e. The number of hydrogen-bond donors (Lipinski definition) is 1. The normalized spacial score (nSPS) is 42.7. The molecule has 1 N–H and O–H groups in total. The lowest BCUT2D eigenvalue weighted by atomic mass is 9.53. The average Bonchev–Trinajstić information content (AvgIpc) is 3.46. The van der Waals surface area contributed by atoms with Crippen LogP contribution in [0.4, 0.5) is 0 Å². The number of aromatic hydroxyl groups is 1. The molecular weight excluding hydrogens is 406 g/mol. The van der Waals surface area contributed by atoms with Gasteiger partial charge in [-0.2, -0.15) is 0 Å². The van der Waals surface area contributed by atoms with Gasteiger partial charge in [-0.1, -0.05) is 6.92 Å². The third-order valence-electron chi connectivity index (χ3n) is 9.62. The molecule has 3 aliphatic heterocycles. The summed E-state index contributed by atoms with van der Waals surface area (Å²) in [7, 11) is 1.58. The van der Waals surface area contributed by atoms with E-state index in [1.165, 1.54) is 30.4 Å². The molecule has 0 radical (unpaired) electrons. The second-order valence-corrected chi connectivity index (χ2v) is 11.2. The smallest absolute Gasteiger partial charge is 0.310 e. The lowest BCUT2D eigenvalue weighted by Crippen LogP contribution is -2.51. The van der Waals surface area contributed by atoms with Crippen LogP contribution in [0.25, 0.3) is 0 Å². The SMILES string of the molecule is COc1cc2c(cc1O)CCN(C[C@H]1C(=O)O[C@@H]3C[C@@]4(C)CCC[C@]5(CO5)[C@H]4C[C@H]31)[C@@H]2C. The Morgan fingerprint density at radius 3 is 2.88 bits per heavy atom. The molecule has 1 spiro atoms. The zero-order valence-electron chi connectivity index (χ0n) is 19.4. The number of carbonyl (C=O) groups is 1. The van der Waals surface area contributed by atoms with Gasteiger partial charge in [-0.15, -0.1) is 0 Å². The first kappa shape index (κ1) is 20.8. The van der Waals surface area contributed by atoms with Crippen molar-refractivity contribution in [1.82, 2.24) is 4.90 Å². The van der Waals surface area contributed by atoms with Crippen molar-refractivity contribution in [3.8, 4) is 11.5 Å². The highest BCUT2D eigenvalue weighted by molar-refractivity contribution is 5.75. The van der Waals surface area contributed by atoms with E-state index in [0.717, 1.165) is 39.0 Å². The standard InChI is InChI=1S/C26H35NO5/c1-15-17-10-21(30-3)20(28)9-16(17)5-8-27(15)13-19-18-11-23-25(2,12-22(18)32-24(19)29)6-4-7-26(23)14-31-26/h9-10,15,18-19,22-23,28H,4-8,11-14H2,1-3H3/t15-,18+,19-,22-,23+,25-,26+/m1/s1. The van der Waals surface area contributed by atoms with Crippen molar-refractivity contribution < 1.29 is 24.1 Å². The summed E-state index contributed by atoms with van der Waals surface area (Å²) in [6.07, 6.45) is 6.60. The summed E-state index contributed by atoms with van der Waals surface area (Å²) in [5.41, 5.74) is 2.68. The van der Waals surface area contributed by atoms with Crippen LogP contribution in [-0.4, -0.2) is 54.5 Å². The fourth-order valence-electron chi connectivity index (χ4n) is 7.72. The number of rotatable bonds is 3. The van der Waals surface area contributed by atoms with E-state index in [4.69, 9.17) is 14.2 Å². The number of esters is 1. The van der Waals surface area contributed by atoms with Gasteiger partial charge in [0.1, 0.15) is 6.10 Å². The van der Waals surface area contributed by atoms with Crippen LogP contribution in [0, 0.1) is 23.2 Å². The van der Waals surface area contributed by atoms with Crippen LogP contribution in [-0.2, 0) is 20.7 Å². The minimum atomic E-state index is -0.0645. The molecule has 0 unspecified atom stereocenters. The fraction of sp³-hybridized carbons (Fsp3) is 0.731. The molecule has 0 aromatic heterocycles. The first-order chi connectivity index (χ1) is 15.3. The zero-order valence-corrected chi connectivity index (χ0v) is 19.4. The summed E-state index contributed by atoms with van der Waals surface area (Å²) in [5.74, 6) is 1.48. The number of nitrogens with zero attached hydrogens (tertiary/aromatic N) is 1. The Balaban J connectivity index is 1.23. The number of phenolic OH excluding ortho intramolecular Hbond substituents is 1. The highest BCUT2D eigenvalue weighted by Crippen LogP contribution is 2.63. The molecule has 32 heavy (non-hydrogen) atoms. The summed E-state index contributed by atoms with van der Waals surface area (Å²) in [6.45, 7) is 7.12. The Hall–Kier alpha value is -1.79. The third kappa shape index (κ3) is 3.02. The van der Waals surface area contributed by atoms with Gasteiger partial charge in [0, 0.05) is 25.0 Å². The Bertz CT molecular complexity index is 942. The van der Waals surface area contributed by atoms with Crippen LogP contribution in [0.5, 0.6) is 11.5 Å². The number of methoxy groups -OCH3 is 1. The maximum atomic E-state index is 13.1. The quantitative estimate of drug-likeness (QED) is 0.568. The molecule has 4 fully saturated rings. The molecule has 1 aromatic rings. The molecule has 3 heterocycles. The maximum absolute atomic E-state index is 13.1. The van der Waals surface area contributed by atoms with Crippen molar-refractivity contribution in [2.45, 2.75) is 70.1 Å². The van der Waals surface area contributed by atoms with Gasteiger partial charge in [0.05, 0.1) is 25.2 Å². The molecule has 5 aliphatic rings. The second-order valence-electron chi connectivity index (χ2n) is 11.2. The number of phenols is 1. The fourth-order valence-corrected chi connectivity index (χ4v) is 7.72. The maximum Gasteiger partial charge on any atom is 0.310 e. The second kappa shape index (κ2) is 7.10. The van der Waals surface area contributed by atoms with Crippen molar-refractivity contribution in [2.75, 3.05) is 26.8 Å². The molecule has 2 saturated carbocycles. The molecule has 2 saturated heterocycles. The summed E-state index contributed by atoms with van der Waals surface area (Å²) in [4.78, 5) is 15.5. The molecule has 0 bridgehead atoms. The molecule has 6 heteroatoms. The number of fused-ring (bicyclic) bond motifs is 4. The number of hydrogen-bond acceptors (Lipinski definition) is 6. The van der Waals surface area contributed by atoms with Crippen molar-refractivity contribution in [3.05, 3.63) is 23.3 Å². The molecule has 6 nitrogen and oxygen atoms in total. The number of carbonyl (C=O) groups excluding carboxylic acids is 1. The third-order valence-corrected chi connectivity index (χ3v) is 9.62. The highest BCUT2D eigenvalue weighted by Gasteiger charge is 2.65. The van der Waals surface area contributed by atoms with Crippen LogP contribution in [0.2, 0.25) is 0 Å². The van der Waals surface area contributed by atoms with Crippen molar-refractivity contribution in [2.24, 2.45) is 23.2 Å². The van der Waals surface area contributed by atoms with Crippen molar-refractivity contribution >= 4 is 5.97 Å². The van der Waals surface area contributed by atoms with Gasteiger partial charge >= 0.3 is 5.97 Å². The first-order valence-electron chi connectivity index (χ1n) is 12.3. The monoisotopic (exact) mass is 441 g/mol. The summed E-state index contributed by atoms with van der Waals surface area (Å²) in [6, 6.07) is 3.96. The lowest BCUT2D eigenvalue weighted by Gasteiger charge is -2.51. The van der Waals surface area contributed by atoms with Crippen molar-refractivity contribution in [3.63, 3.8) is 0 Å². The summed E-state index contributed by atoms with van der Waals surface area (Å²) < 4.78 is 17.4. The lowest BCUT2D eigenvalue weighted by molar-refractivity contribution is -0.147. The van der Waals surface area contributed by atoms with E-state index in [-0.39, 0.29) is 40.8 Å². The van der Waals surface area contributed by atoms with Crippen LogP contribution >= 0.6 is 0 Å². The molecule has 0 amide bonds. The predicted molar refractivity (Wildman–Crippen MR) is 119 cm³/mol. The Kier molecular flexibility index (Phi) is 4.61. The molecule has 1 aromatic carbocycles. The topological polar surface area (TPSA) is 71.5 Å². The number of epoxide rings is 1. The van der Waals surface area contributed by atoms with E-state index < -0.39 is 0 Å². The minimum Gasteiger partial charge on any atom is -0.504 e. The van der Waals surface area contributed by atoms with E-state index in [1.807, 2.05) is 12.1 Å². The van der Waals surface area contributed by atoms with E-state index in [9.17, 15) is 9.90 Å². The number of benzene rings is 1. The molecular formula is C26H35NO5. The molecule has 7 atom stereocenters. The zero-order chi connectivity index (χ0) is 22.3. The summed E-state index contributed by atoms with van der Waals surface area (Å²) in [5, 5.41) is 10.2. The summed E-state index contributed by atoms with van der Waals surface area (Å²) >= 11 is 0. The molecule has 6 rings (SSSR count). The number of ether oxygens (including phenoxy) is 3. The van der Waals surface area contributed by atoms with Gasteiger partial charge in [-0.25, -0.2) is 0 Å². The highest BCUT2D eigenvalue weighted by atomic mass is 16.6. The van der Waals surface area contributed by atoms with E-state index in [0.29, 0.717) is 17.6 Å². The minimum absolute atomic E-state index is 0.00528. The van der Waals surface area contributed by atoms with Gasteiger partial charge in [0.2, 0.25) is 0 Å². The Morgan fingerprint density at radius 2 is 2.12 bits per heavy atom. The van der Waals surface area contributed by atoms with Gasteiger partial charge in [-0.3, -0.25) is 9.69 Å². The Morgan fingerprint density at radius 1 is 1.31 bits per heavy atom. The van der Waals surface area contributed by atoms with E-state index >= 15 is 0 Å². The first-order valence-corrected chi connectivity index (χ1v) is 12.3. The molecule has 174 valence electrons. The average molecular weight is 442 g/mol. The van der Waals surface area contributed by atoms with Crippen LogP contribution < -0.4 is 4.74 Å². The van der Waals surface area contributed by atoms with Crippen LogP contribution in [0.3, 0.4) is 0 Å². The van der Waals surface area contributed by atoms with Gasteiger partial charge in [0.15, 0.2) is 11.5 Å². The van der Waals surface area contributed by atoms with Gasteiger partial charge in [0.25, 0.3) is 0 Å². The van der Waals surface area contributed by atoms with Crippen LogP contribution in [0.15, 0.2) is 12.1 Å². The molecule has 2 aliphatic carbocycles. The van der Waals surface area contributed by atoms with E-state index in [1.54, 1.807) is 7.11 Å². The predicted octanol–water partition coefficient (Wildman–Crippen LogP) is 3.85. The van der Waals surface area contributed by atoms with E-state index in [2.05, 4.69) is 18.7 Å². The van der Waals surface area contributed by atoms with Gasteiger partial charge in [-0.05, 0) is 80.0 Å².